The molecule has 2 N–H and O–H groups in total. The number of rotatable bonds is 8. The van der Waals surface area contributed by atoms with Gasteiger partial charge in [-0.3, -0.25) is 14.4 Å². The Bertz CT molecular complexity index is 819. The van der Waals surface area contributed by atoms with Crippen molar-refractivity contribution in [1.29, 1.82) is 0 Å². The van der Waals surface area contributed by atoms with E-state index in [2.05, 4.69) is 10.6 Å². The molecule has 7 heteroatoms. The first-order valence-electron chi connectivity index (χ1n) is 8.91. The van der Waals surface area contributed by atoms with Gasteiger partial charge in [0.15, 0.2) is 6.10 Å². The van der Waals surface area contributed by atoms with Crippen molar-refractivity contribution < 1.29 is 23.5 Å². The number of hydrogen-bond donors (Lipinski definition) is 2. The fourth-order valence-electron chi connectivity index (χ4n) is 2.49. The molecular formula is C21H23FN2O4. The molecule has 2 rings (SSSR count). The molecule has 0 aliphatic rings. The number of esters is 1. The second kappa shape index (κ2) is 10.2. The number of nitrogens with one attached hydrogen (secondary N) is 2. The Morgan fingerprint density at radius 1 is 1.00 bits per heavy atom. The summed E-state index contributed by atoms with van der Waals surface area (Å²) in [6.07, 6.45) is -0.347. The second-order valence-corrected chi connectivity index (χ2v) is 6.35. The fraction of sp³-hybridized carbons (Fsp3) is 0.286. The maximum absolute atomic E-state index is 12.9. The Balaban J connectivity index is 1.73. The van der Waals surface area contributed by atoms with Gasteiger partial charge in [0, 0.05) is 19.2 Å². The number of benzene rings is 2. The summed E-state index contributed by atoms with van der Waals surface area (Å²) in [4.78, 5) is 35.0. The lowest BCUT2D eigenvalue weighted by Gasteiger charge is -2.14. The SMILES string of the molecule is CC(=O)Nc1ccc(CC(=O)O[C@@H](C)C(=O)NCCc2ccc(F)cc2)cc1. The highest BCUT2D eigenvalue weighted by molar-refractivity contribution is 5.88. The summed E-state index contributed by atoms with van der Waals surface area (Å²) in [7, 11) is 0. The molecule has 0 aromatic heterocycles. The van der Waals surface area contributed by atoms with Crippen LogP contribution in [0.3, 0.4) is 0 Å². The summed E-state index contributed by atoms with van der Waals surface area (Å²) in [5, 5.41) is 5.33. The van der Waals surface area contributed by atoms with Crippen LogP contribution in [0.4, 0.5) is 10.1 Å². The zero-order chi connectivity index (χ0) is 20.5. The van der Waals surface area contributed by atoms with E-state index in [1.165, 1.54) is 26.0 Å². The first kappa shape index (κ1) is 21.1. The molecule has 0 fully saturated rings. The molecule has 2 amide bonds. The third kappa shape index (κ3) is 7.19. The van der Waals surface area contributed by atoms with Gasteiger partial charge >= 0.3 is 5.97 Å². The molecule has 28 heavy (non-hydrogen) atoms. The summed E-state index contributed by atoms with van der Waals surface area (Å²) in [5.74, 6) is -1.39. The predicted molar refractivity (Wildman–Crippen MR) is 103 cm³/mol. The Morgan fingerprint density at radius 3 is 2.21 bits per heavy atom. The lowest BCUT2D eigenvalue weighted by atomic mass is 10.1. The van der Waals surface area contributed by atoms with Crippen LogP contribution in [0.2, 0.25) is 0 Å². The number of ether oxygens (including phenoxy) is 1. The molecule has 0 aliphatic carbocycles. The van der Waals surface area contributed by atoms with E-state index in [0.717, 1.165) is 5.56 Å². The first-order valence-corrected chi connectivity index (χ1v) is 8.91. The summed E-state index contributed by atoms with van der Waals surface area (Å²) >= 11 is 0. The summed E-state index contributed by atoms with van der Waals surface area (Å²) < 4.78 is 18.0. The molecule has 0 unspecified atom stereocenters. The van der Waals surface area contributed by atoms with Crippen LogP contribution in [0.1, 0.15) is 25.0 Å². The van der Waals surface area contributed by atoms with Crippen molar-refractivity contribution in [1.82, 2.24) is 5.32 Å². The number of carbonyl (C=O) groups is 3. The summed E-state index contributed by atoms with van der Waals surface area (Å²) in [5.41, 5.74) is 2.25. The molecule has 0 heterocycles. The number of amides is 2. The van der Waals surface area contributed by atoms with Crippen LogP contribution in [-0.2, 0) is 32.0 Å². The Kier molecular flexibility index (Phi) is 7.68. The largest absolute Gasteiger partial charge is 0.452 e. The van der Waals surface area contributed by atoms with Gasteiger partial charge in [-0.25, -0.2) is 4.39 Å². The van der Waals surface area contributed by atoms with Crippen LogP contribution in [0, 0.1) is 5.82 Å². The Labute approximate surface area is 163 Å². The van der Waals surface area contributed by atoms with E-state index < -0.39 is 18.0 Å². The zero-order valence-electron chi connectivity index (χ0n) is 15.8. The van der Waals surface area contributed by atoms with Gasteiger partial charge in [0.1, 0.15) is 5.82 Å². The minimum atomic E-state index is -0.917. The van der Waals surface area contributed by atoms with Crippen molar-refractivity contribution >= 4 is 23.5 Å². The average molecular weight is 386 g/mol. The second-order valence-electron chi connectivity index (χ2n) is 6.35. The third-order valence-electron chi connectivity index (χ3n) is 3.93. The smallest absolute Gasteiger partial charge is 0.311 e. The maximum atomic E-state index is 12.9. The van der Waals surface area contributed by atoms with Crippen molar-refractivity contribution in [2.75, 3.05) is 11.9 Å². The minimum absolute atomic E-state index is 0.0214. The molecule has 0 saturated heterocycles. The van der Waals surface area contributed by atoms with Crippen molar-refractivity contribution in [2.24, 2.45) is 0 Å². The first-order chi connectivity index (χ1) is 13.3. The van der Waals surface area contributed by atoms with Gasteiger partial charge in [-0.05, 0) is 48.7 Å². The van der Waals surface area contributed by atoms with Gasteiger partial charge < -0.3 is 15.4 Å². The summed E-state index contributed by atoms with van der Waals surface area (Å²) in [6.45, 7) is 3.28. The number of carbonyl (C=O) groups excluding carboxylic acids is 3. The fourth-order valence-corrected chi connectivity index (χ4v) is 2.49. The van der Waals surface area contributed by atoms with Crippen molar-refractivity contribution in [3.05, 3.63) is 65.5 Å². The van der Waals surface area contributed by atoms with Crippen LogP contribution in [0.15, 0.2) is 48.5 Å². The van der Waals surface area contributed by atoms with E-state index in [1.54, 1.807) is 36.4 Å². The van der Waals surface area contributed by atoms with Crippen LogP contribution in [-0.4, -0.2) is 30.4 Å². The van der Waals surface area contributed by atoms with E-state index in [4.69, 9.17) is 4.74 Å². The molecule has 0 bridgehead atoms. The zero-order valence-corrected chi connectivity index (χ0v) is 15.8. The van der Waals surface area contributed by atoms with Crippen LogP contribution in [0.5, 0.6) is 0 Å². The highest BCUT2D eigenvalue weighted by Gasteiger charge is 2.17. The standard InChI is InChI=1S/C21H23FN2O4/c1-14(21(27)23-12-11-16-3-7-18(22)8-4-16)28-20(26)13-17-5-9-19(10-6-17)24-15(2)25/h3-10,14H,11-13H2,1-2H3,(H,23,27)(H,24,25)/t14-/m0/s1. The molecule has 0 spiro atoms. The van der Waals surface area contributed by atoms with E-state index in [1.807, 2.05) is 0 Å². The van der Waals surface area contributed by atoms with Crippen LogP contribution in [0.25, 0.3) is 0 Å². The van der Waals surface area contributed by atoms with E-state index in [9.17, 15) is 18.8 Å². The van der Waals surface area contributed by atoms with E-state index >= 15 is 0 Å². The van der Waals surface area contributed by atoms with Gasteiger partial charge in [0.2, 0.25) is 5.91 Å². The third-order valence-corrected chi connectivity index (χ3v) is 3.93. The maximum Gasteiger partial charge on any atom is 0.311 e. The molecular weight excluding hydrogens is 363 g/mol. The lowest BCUT2D eigenvalue weighted by molar-refractivity contribution is -0.154. The lowest BCUT2D eigenvalue weighted by Crippen LogP contribution is -2.37. The molecule has 0 aliphatic heterocycles. The van der Waals surface area contributed by atoms with Gasteiger partial charge in [-0.15, -0.1) is 0 Å². The van der Waals surface area contributed by atoms with Crippen molar-refractivity contribution in [3.8, 4) is 0 Å². The molecule has 1 atom stereocenters. The predicted octanol–water partition coefficient (Wildman–Crippen LogP) is 2.62. The van der Waals surface area contributed by atoms with E-state index in [-0.39, 0.29) is 18.1 Å². The highest BCUT2D eigenvalue weighted by Crippen LogP contribution is 2.11. The van der Waals surface area contributed by atoms with Crippen LogP contribution < -0.4 is 10.6 Å². The molecule has 2 aromatic rings. The topological polar surface area (TPSA) is 84.5 Å². The van der Waals surface area contributed by atoms with Crippen LogP contribution >= 0.6 is 0 Å². The van der Waals surface area contributed by atoms with Crippen molar-refractivity contribution in [3.63, 3.8) is 0 Å². The number of halogens is 1. The Morgan fingerprint density at radius 2 is 1.61 bits per heavy atom. The molecule has 6 nitrogen and oxygen atoms in total. The van der Waals surface area contributed by atoms with E-state index in [0.29, 0.717) is 24.2 Å². The van der Waals surface area contributed by atoms with Gasteiger partial charge in [-0.1, -0.05) is 24.3 Å². The van der Waals surface area contributed by atoms with Gasteiger partial charge in [0.25, 0.3) is 5.91 Å². The monoisotopic (exact) mass is 386 g/mol. The quantitative estimate of drug-likeness (QED) is 0.683. The minimum Gasteiger partial charge on any atom is -0.452 e. The molecule has 0 saturated carbocycles. The highest BCUT2D eigenvalue weighted by atomic mass is 19.1. The molecule has 0 radical (unpaired) electrons. The van der Waals surface area contributed by atoms with Crippen molar-refractivity contribution in [2.45, 2.75) is 32.8 Å². The Hall–Kier alpha value is -3.22. The van der Waals surface area contributed by atoms with Gasteiger partial charge in [0.05, 0.1) is 6.42 Å². The molecule has 148 valence electrons. The summed E-state index contributed by atoms with van der Waals surface area (Å²) in [6, 6.07) is 12.8. The molecule has 2 aromatic carbocycles. The number of hydrogen-bond acceptors (Lipinski definition) is 4. The average Bonchev–Trinajstić information content (AvgIpc) is 2.64. The normalized spacial score (nSPS) is 11.4. The van der Waals surface area contributed by atoms with Gasteiger partial charge in [-0.2, -0.15) is 0 Å². The number of anilines is 1.